The lowest BCUT2D eigenvalue weighted by Crippen LogP contribution is -2.06. The van der Waals surface area contributed by atoms with Crippen molar-refractivity contribution in [2.75, 3.05) is 26.1 Å². The van der Waals surface area contributed by atoms with Crippen molar-refractivity contribution in [1.29, 1.82) is 0 Å². The van der Waals surface area contributed by atoms with Gasteiger partial charge in [0.25, 0.3) is 0 Å². The maximum absolute atomic E-state index is 5.08. The molecule has 1 aromatic heterocycles. The van der Waals surface area contributed by atoms with Gasteiger partial charge in [0.1, 0.15) is 12.4 Å². The second-order valence-corrected chi connectivity index (χ2v) is 3.07. The molecule has 0 aliphatic carbocycles. The lowest BCUT2D eigenvalue weighted by molar-refractivity contribution is 0.177. The number of hydrogen-bond acceptors (Lipinski definition) is 5. The molecule has 84 valence electrons. The molecule has 0 radical (unpaired) electrons. The molecule has 0 atom stereocenters. The maximum Gasteiger partial charge on any atom is 0.218 e. The summed E-state index contributed by atoms with van der Waals surface area (Å²) in [5.41, 5.74) is 0. The molecule has 0 aromatic carbocycles. The minimum absolute atomic E-state index is 0.387. The Morgan fingerprint density at radius 1 is 1.33 bits per heavy atom. The highest BCUT2D eigenvalue weighted by atomic mass is 16.5. The Balaban J connectivity index is 2.79. The van der Waals surface area contributed by atoms with Crippen molar-refractivity contribution in [2.24, 2.45) is 0 Å². The largest absolute Gasteiger partial charge is 0.481 e. The second-order valence-electron chi connectivity index (χ2n) is 3.07. The summed E-state index contributed by atoms with van der Waals surface area (Å²) in [6, 6.07) is 1.77. The third-order valence-electron chi connectivity index (χ3n) is 1.79. The number of methoxy groups -OCH3 is 2. The first-order chi connectivity index (χ1) is 7.30. The molecule has 0 aliphatic heterocycles. The van der Waals surface area contributed by atoms with Gasteiger partial charge in [0.2, 0.25) is 5.88 Å². The molecule has 0 aliphatic rings. The number of ether oxygens (including phenoxy) is 2. The molecular formula is C10H17N3O2. The Labute approximate surface area is 89.8 Å². The van der Waals surface area contributed by atoms with Crippen LogP contribution in [0.1, 0.15) is 19.2 Å². The van der Waals surface area contributed by atoms with Gasteiger partial charge < -0.3 is 14.8 Å². The molecular weight excluding hydrogens is 194 g/mol. The van der Waals surface area contributed by atoms with Crippen LogP contribution in [0.5, 0.6) is 5.88 Å². The second kappa shape index (κ2) is 6.19. The molecule has 0 fully saturated rings. The summed E-state index contributed by atoms with van der Waals surface area (Å²) in [6.07, 6.45) is 1.05. The minimum atomic E-state index is 0.387. The Bertz CT molecular complexity index is 305. The summed E-state index contributed by atoms with van der Waals surface area (Å²) in [4.78, 5) is 8.43. The summed E-state index contributed by atoms with van der Waals surface area (Å²) in [5.74, 6) is 1.95. The first-order valence-electron chi connectivity index (χ1n) is 4.95. The molecule has 0 spiro atoms. The summed E-state index contributed by atoms with van der Waals surface area (Å²) >= 11 is 0. The molecule has 0 amide bonds. The van der Waals surface area contributed by atoms with Crippen molar-refractivity contribution in [2.45, 2.75) is 20.0 Å². The minimum Gasteiger partial charge on any atom is -0.481 e. The van der Waals surface area contributed by atoms with Crippen LogP contribution in [0.25, 0.3) is 0 Å². The van der Waals surface area contributed by atoms with Gasteiger partial charge in [0.05, 0.1) is 7.11 Å². The highest BCUT2D eigenvalue weighted by molar-refractivity contribution is 5.38. The van der Waals surface area contributed by atoms with Gasteiger partial charge in [-0.2, -0.15) is 4.98 Å². The third kappa shape index (κ3) is 3.71. The summed E-state index contributed by atoms with van der Waals surface area (Å²) < 4.78 is 10.1. The quantitative estimate of drug-likeness (QED) is 0.771. The van der Waals surface area contributed by atoms with E-state index in [1.54, 1.807) is 20.3 Å². The summed E-state index contributed by atoms with van der Waals surface area (Å²) in [6.45, 7) is 3.37. The first-order valence-corrected chi connectivity index (χ1v) is 4.95. The van der Waals surface area contributed by atoms with E-state index in [2.05, 4.69) is 22.2 Å². The normalized spacial score (nSPS) is 10.1. The van der Waals surface area contributed by atoms with Crippen LogP contribution in [0.4, 0.5) is 5.82 Å². The van der Waals surface area contributed by atoms with Crippen LogP contribution in [-0.4, -0.2) is 30.7 Å². The monoisotopic (exact) mass is 211 g/mol. The SMILES string of the molecule is CCCNc1cc(OC)nc(COC)n1. The van der Waals surface area contributed by atoms with Crippen molar-refractivity contribution in [3.63, 3.8) is 0 Å². The van der Waals surface area contributed by atoms with Crippen LogP contribution in [-0.2, 0) is 11.3 Å². The van der Waals surface area contributed by atoms with Crippen LogP contribution < -0.4 is 10.1 Å². The van der Waals surface area contributed by atoms with Gasteiger partial charge >= 0.3 is 0 Å². The molecule has 5 heteroatoms. The smallest absolute Gasteiger partial charge is 0.218 e. The maximum atomic E-state index is 5.08. The number of rotatable bonds is 6. The fraction of sp³-hybridized carbons (Fsp3) is 0.600. The van der Waals surface area contributed by atoms with Crippen molar-refractivity contribution in [1.82, 2.24) is 9.97 Å². The Morgan fingerprint density at radius 3 is 2.73 bits per heavy atom. The summed E-state index contributed by atoms with van der Waals surface area (Å²) in [7, 11) is 3.20. The van der Waals surface area contributed by atoms with E-state index in [0.717, 1.165) is 18.8 Å². The molecule has 1 rings (SSSR count). The number of aromatic nitrogens is 2. The van der Waals surface area contributed by atoms with E-state index in [-0.39, 0.29) is 0 Å². The molecule has 1 heterocycles. The van der Waals surface area contributed by atoms with Crippen LogP contribution in [0.15, 0.2) is 6.07 Å². The van der Waals surface area contributed by atoms with Gasteiger partial charge in [-0.1, -0.05) is 6.92 Å². The van der Waals surface area contributed by atoms with E-state index in [9.17, 15) is 0 Å². The zero-order chi connectivity index (χ0) is 11.1. The van der Waals surface area contributed by atoms with Crippen molar-refractivity contribution >= 4 is 5.82 Å². The van der Waals surface area contributed by atoms with Crippen molar-refractivity contribution in [3.05, 3.63) is 11.9 Å². The fourth-order valence-electron chi connectivity index (χ4n) is 1.11. The molecule has 15 heavy (non-hydrogen) atoms. The highest BCUT2D eigenvalue weighted by Crippen LogP contribution is 2.13. The molecule has 5 nitrogen and oxygen atoms in total. The predicted molar refractivity (Wildman–Crippen MR) is 58.1 cm³/mol. The lowest BCUT2D eigenvalue weighted by Gasteiger charge is -2.07. The topological polar surface area (TPSA) is 56.3 Å². The molecule has 0 saturated heterocycles. The lowest BCUT2D eigenvalue weighted by atomic mass is 10.4. The number of anilines is 1. The van der Waals surface area contributed by atoms with Gasteiger partial charge in [0.15, 0.2) is 5.82 Å². The fourth-order valence-corrected chi connectivity index (χ4v) is 1.11. The van der Waals surface area contributed by atoms with Gasteiger partial charge in [0, 0.05) is 19.7 Å². The Morgan fingerprint density at radius 2 is 2.13 bits per heavy atom. The van der Waals surface area contributed by atoms with Crippen molar-refractivity contribution < 1.29 is 9.47 Å². The Kier molecular flexibility index (Phi) is 4.83. The standard InChI is InChI=1S/C10H17N3O2/c1-4-5-11-8-6-10(15-3)13-9(12-8)7-14-2/h6H,4-5,7H2,1-3H3,(H,11,12,13). The van der Waals surface area contributed by atoms with Crippen molar-refractivity contribution in [3.8, 4) is 5.88 Å². The highest BCUT2D eigenvalue weighted by Gasteiger charge is 2.03. The van der Waals surface area contributed by atoms with Crippen LogP contribution in [0, 0.1) is 0 Å². The molecule has 0 unspecified atom stereocenters. The van der Waals surface area contributed by atoms with Gasteiger partial charge in [-0.3, -0.25) is 0 Å². The van der Waals surface area contributed by atoms with E-state index >= 15 is 0 Å². The third-order valence-corrected chi connectivity index (χ3v) is 1.79. The van der Waals surface area contributed by atoms with Crippen LogP contribution in [0.3, 0.4) is 0 Å². The van der Waals surface area contributed by atoms with E-state index in [4.69, 9.17) is 9.47 Å². The number of nitrogens with zero attached hydrogens (tertiary/aromatic N) is 2. The Hall–Kier alpha value is -1.36. The van der Waals surface area contributed by atoms with Gasteiger partial charge in [-0.05, 0) is 6.42 Å². The zero-order valence-electron chi connectivity index (χ0n) is 9.41. The number of hydrogen-bond donors (Lipinski definition) is 1. The van der Waals surface area contributed by atoms with Gasteiger partial charge in [-0.15, -0.1) is 0 Å². The van der Waals surface area contributed by atoms with E-state index < -0.39 is 0 Å². The van der Waals surface area contributed by atoms with E-state index in [1.165, 1.54) is 0 Å². The molecule has 1 aromatic rings. The average molecular weight is 211 g/mol. The van der Waals surface area contributed by atoms with Crippen LogP contribution >= 0.6 is 0 Å². The van der Waals surface area contributed by atoms with Gasteiger partial charge in [-0.25, -0.2) is 4.98 Å². The molecule has 0 bridgehead atoms. The van der Waals surface area contributed by atoms with Crippen LogP contribution in [0.2, 0.25) is 0 Å². The molecule has 0 saturated carbocycles. The predicted octanol–water partition coefficient (Wildman–Crippen LogP) is 1.45. The summed E-state index contributed by atoms with van der Waals surface area (Å²) in [5, 5.41) is 3.18. The molecule has 1 N–H and O–H groups in total. The average Bonchev–Trinajstić information content (AvgIpc) is 2.26. The van der Waals surface area contributed by atoms with E-state index in [1.807, 2.05) is 0 Å². The zero-order valence-corrected chi connectivity index (χ0v) is 9.41. The van der Waals surface area contributed by atoms with E-state index in [0.29, 0.717) is 18.3 Å². The first kappa shape index (κ1) is 11.7. The number of nitrogens with one attached hydrogen (secondary N) is 1.